The molecular weight excluding hydrogens is 275 g/mol. The summed E-state index contributed by atoms with van der Waals surface area (Å²) in [5.41, 5.74) is 0.819. The first kappa shape index (κ1) is 17.1. The van der Waals surface area contributed by atoms with Gasteiger partial charge in [0.1, 0.15) is 5.82 Å². The van der Waals surface area contributed by atoms with E-state index in [0.717, 1.165) is 12.0 Å². The average molecular weight is 296 g/mol. The van der Waals surface area contributed by atoms with Crippen LogP contribution in [0.15, 0.2) is 24.3 Å². The molecule has 0 aromatic heterocycles. The normalized spacial score (nSPS) is 10.5. The summed E-state index contributed by atoms with van der Waals surface area (Å²) in [6, 6.07) is 5.94. The highest BCUT2D eigenvalue weighted by molar-refractivity contribution is 5.79. The summed E-state index contributed by atoms with van der Waals surface area (Å²) in [4.78, 5) is 24.8. The summed E-state index contributed by atoms with van der Waals surface area (Å²) in [6.07, 6.45) is 0.836. The lowest BCUT2D eigenvalue weighted by Gasteiger charge is -2.19. The van der Waals surface area contributed by atoms with Crippen LogP contribution in [0.3, 0.4) is 0 Å². The molecule has 21 heavy (non-hydrogen) atoms. The van der Waals surface area contributed by atoms with Gasteiger partial charge < -0.3 is 10.1 Å². The molecule has 0 aliphatic carbocycles. The van der Waals surface area contributed by atoms with E-state index in [-0.39, 0.29) is 30.8 Å². The summed E-state index contributed by atoms with van der Waals surface area (Å²) < 4.78 is 17.4. The van der Waals surface area contributed by atoms with Crippen LogP contribution in [0.5, 0.6) is 0 Å². The molecule has 0 saturated heterocycles. The Morgan fingerprint density at radius 1 is 1.24 bits per heavy atom. The number of nitrogens with zero attached hydrogens (tertiary/aromatic N) is 1. The zero-order chi connectivity index (χ0) is 15.7. The topological polar surface area (TPSA) is 58.6 Å². The summed E-state index contributed by atoms with van der Waals surface area (Å²) in [5, 5.41) is 2.74. The lowest BCUT2D eigenvalue weighted by Crippen LogP contribution is -2.40. The third-order valence-electron chi connectivity index (χ3n) is 2.89. The van der Waals surface area contributed by atoms with Crippen LogP contribution >= 0.6 is 0 Å². The van der Waals surface area contributed by atoms with Crippen LogP contribution in [-0.4, -0.2) is 43.5 Å². The Kier molecular flexibility index (Phi) is 7.39. The van der Waals surface area contributed by atoms with Crippen LogP contribution in [-0.2, 0) is 20.9 Å². The van der Waals surface area contributed by atoms with E-state index in [2.05, 4.69) is 10.1 Å². The van der Waals surface area contributed by atoms with Crippen molar-refractivity contribution < 1.29 is 18.7 Å². The number of carbonyl (C=O) groups is 2. The van der Waals surface area contributed by atoms with Gasteiger partial charge in [-0.3, -0.25) is 14.5 Å². The Labute approximate surface area is 124 Å². The van der Waals surface area contributed by atoms with Gasteiger partial charge in [0.15, 0.2) is 0 Å². The van der Waals surface area contributed by atoms with Crippen molar-refractivity contribution in [3.05, 3.63) is 35.6 Å². The number of hydrogen-bond acceptors (Lipinski definition) is 4. The van der Waals surface area contributed by atoms with Gasteiger partial charge in [-0.1, -0.05) is 19.1 Å². The highest BCUT2D eigenvalue weighted by atomic mass is 19.1. The fourth-order valence-electron chi connectivity index (χ4n) is 1.84. The van der Waals surface area contributed by atoms with Crippen LogP contribution in [0.4, 0.5) is 4.39 Å². The Morgan fingerprint density at radius 3 is 2.48 bits per heavy atom. The fraction of sp³-hybridized carbons (Fsp3) is 0.467. The largest absolute Gasteiger partial charge is 0.468 e. The van der Waals surface area contributed by atoms with Crippen molar-refractivity contribution in [2.24, 2.45) is 0 Å². The SMILES string of the molecule is CCCN(CC(=O)NCc1ccc(F)cc1)CC(=O)OC. The van der Waals surface area contributed by atoms with Crippen LogP contribution in [0.1, 0.15) is 18.9 Å². The van der Waals surface area contributed by atoms with E-state index in [1.165, 1.54) is 19.2 Å². The van der Waals surface area contributed by atoms with E-state index >= 15 is 0 Å². The van der Waals surface area contributed by atoms with Crippen molar-refractivity contribution in [1.29, 1.82) is 0 Å². The minimum atomic E-state index is -0.366. The molecule has 0 unspecified atom stereocenters. The van der Waals surface area contributed by atoms with Crippen molar-refractivity contribution in [1.82, 2.24) is 10.2 Å². The smallest absolute Gasteiger partial charge is 0.319 e. The molecule has 0 saturated carbocycles. The molecule has 0 heterocycles. The number of halogens is 1. The second-order valence-corrected chi connectivity index (χ2v) is 4.69. The van der Waals surface area contributed by atoms with E-state index in [1.54, 1.807) is 17.0 Å². The molecule has 0 bridgehead atoms. The molecule has 0 spiro atoms. The Hall–Kier alpha value is -1.95. The standard InChI is InChI=1S/C15H21FN2O3/c1-3-8-18(11-15(20)21-2)10-14(19)17-9-12-4-6-13(16)7-5-12/h4-7H,3,8-11H2,1-2H3,(H,17,19). The van der Waals surface area contributed by atoms with E-state index in [4.69, 9.17) is 0 Å². The van der Waals surface area contributed by atoms with Gasteiger partial charge in [0, 0.05) is 6.54 Å². The van der Waals surface area contributed by atoms with Crippen LogP contribution in [0.25, 0.3) is 0 Å². The molecule has 1 aromatic rings. The van der Waals surface area contributed by atoms with E-state index < -0.39 is 0 Å². The number of nitrogens with one attached hydrogen (secondary N) is 1. The van der Waals surface area contributed by atoms with Gasteiger partial charge in [-0.25, -0.2) is 4.39 Å². The molecule has 1 amide bonds. The van der Waals surface area contributed by atoms with Crippen molar-refractivity contribution >= 4 is 11.9 Å². The van der Waals surface area contributed by atoms with Crippen LogP contribution in [0, 0.1) is 5.82 Å². The Bertz CT molecular complexity index is 462. The van der Waals surface area contributed by atoms with Crippen molar-refractivity contribution in [3.8, 4) is 0 Å². The fourth-order valence-corrected chi connectivity index (χ4v) is 1.84. The minimum absolute atomic E-state index is 0.0916. The molecule has 0 aliphatic rings. The minimum Gasteiger partial charge on any atom is -0.468 e. The van der Waals surface area contributed by atoms with Gasteiger partial charge in [-0.05, 0) is 30.7 Å². The summed E-state index contributed by atoms with van der Waals surface area (Å²) in [7, 11) is 1.32. The number of methoxy groups -OCH3 is 1. The second-order valence-electron chi connectivity index (χ2n) is 4.69. The molecule has 1 N–H and O–H groups in total. The van der Waals surface area contributed by atoms with Gasteiger partial charge in [0.2, 0.25) is 5.91 Å². The highest BCUT2D eigenvalue weighted by Gasteiger charge is 2.13. The first-order valence-corrected chi connectivity index (χ1v) is 6.85. The zero-order valence-corrected chi connectivity index (χ0v) is 12.4. The maximum atomic E-state index is 12.8. The van der Waals surface area contributed by atoms with Gasteiger partial charge in [-0.2, -0.15) is 0 Å². The third-order valence-corrected chi connectivity index (χ3v) is 2.89. The van der Waals surface area contributed by atoms with Gasteiger partial charge >= 0.3 is 5.97 Å². The highest BCUT2D eigenvalue weighted by Crippen LogP contribution is 2.02. The van der Waals surface area contributed by atoms with E-state index in [1.807, 2.05) is 6.92 Å². The molecule has 0 aliphatic heterocycles. The number of amides is 1. The third kappa shape index (κ3) is 6.85. The first-order valence-electron chi connectivity index (χ1n) is 6.85. The summed E-state index contributed by atoms with van der Waals surface area (Å²) in [5.74, 6) is -0.858. The first-order chi connectivity index (χ1) is 10.0. The Balaban J connectivity index is 2.42. The number of benzene rings is 1. The predicted molar refractivity (Wildman–Crippen MR) is 77.0 cm³/mol. The zero-order valence-electron chi connectivity index (χ0n) is 12.4. The summed E-state index contributed by atoms with van der Waals surface area (Å²) in [6.45, 7) is 3.16. The molecular formula is C15H21FN2O3. The quantitative estimate of drug-likeness (QED) is 0.735. The predicted octanol–water partition coefficient (Wildman–Crippen LogP) is 1.33. The molecule has 0 fully saturated rings. The van der Waals surface area contributed by atoms with Crippen molar-refractivity contribution in [2.75, 3.05) is 26.7 Å². The van der Waals surface area contributed by atoms with Gasteiger partial charge in [0.05, 0.1) is 20.2 Å². The maximum Gasteiger partial charge on any atom is 0.319 e. The lowest BCUT2D eigenvalue weighted by atomic mass is 10.2. The second kappa shape index (κ2) is 9.07. The summed E-state index contributed by atoms with van der Waals surface area (Å²) >= 11 is 0. The number of rotatable bonds is 8. The molecule has 6 heteroatoms. The molecule has 5 nitrogen and oxygen atoms in total. The van der Waals surface area contributed by atoms with Gasteiger partial charge in [0.25, 0.3) is 0 Å². The molecule has 0 radical (unpaired) electrons. The molecule has 0 atom stereocenters. The molecule has 1 aromatic carbocycles. The molecule has 1 rings (SSSR count). The molecule has 116 valence electrons. The number of esters is 1. The number of hydrogen-bond donors (Lipinski definition) is 1. The van der Waals surface area contributed by atoms with Crippen molar-refractivity contribution in [3.63, 3.8) is 0 Å². The van der Waals surface area contributed by atoms with Crippen molar-refractivity contribution in [2.45, 2.75) is 19.9 Å². The average Bonchev–Trinajstić information content (AvgIpc) is 2.46. The van der Waals surface area contributed by atoms with Gasteiger partial charge in [-0.15, -0.1) is 0 Å². The lowest BCUT2D eigenvalue weighted by molar-refractivity contribution is -0.142. The number of carbonyl (C=O) groups excluding carboxylic acids is 2. The van der Waals surface area contributed by atoms with Crippen LogP contribution in [0.2, 0.25) is 0 Å². The van der Waals surface area contributed by atoms with Crippen LogP contribution < -0.4 is 5.32 Å². The van der Waals surface area contributed by atoms with E-state index in [0.29, 0.717) is 13.1 Å². The van der Waals surface area contributed by atoms with E-state index in [9.17, 15) is 14.0 Å². The monoisotopic (exact) mass is 296 g/mol. The maximum absolute atomic E-state index is 12.8. The Morgan fingerprint density at radius 2 is 1.90 bits per heavy atom. The number of ether oxygens (including phenoxy) is 1.